The zero-order chi connectivity index (χ0) is 22.1. The molecular weight excluding hydrogens is 388 g/mol. The van der Waals surface area contributed by atoms with Crippen molar-refractivity contribution in [1.82, 2.24) is 5.32 Å². The molecule has 2 N–H and O–H groups in total. The predicted octanol–water partition coefficient (Wildman–Crippen LogP) is 5.61. The summed E-state index contributed by atoms with van der Waals surface area (Å²) in [5, 5.41) is 5.84. The second-order valence-corrected chi connectivity index (χ2v) is 7.33. The molecular formula is C26H28N2O3. The third-order valence-corrected chi connectivity index (χ3v) is 4.95. The van der Waals surface area contributed by atoms with Gasteiger partial charge in [0.2, 0.25) is 0 Å². The standard InChI is InChI=1S/C26H28N2O3/c1-3-4-18-31-22-16-14-21(15-17-22)25(29)28-24-13-9-8-12-23(24)26(30)27-19(2)20-10-6-5-7-11-20/h5-17,19H,3-4,18H2,1-2H3,(H,27,30)(H,28,29)/t19-/m1/s1. The minimum Gasteiger partial charge on any atom is -0.494 e. The van der Waals surface area contributed by atoms with Crippen LogP contribution in [0.2, 0.25) is 0 Å². The second-order valence-electron chi connectivity index (χ2n) is 7.33. The van der Waals surface area contributed by atoms with E-state index >= 15 is 0 Å². The molecule has 0 saturated heterocycles. The molecule has 1 atom stereocenters. The van der Waals surface area contributed by atoms with Gasteiger partial charge in [-0.3, -0.25) is 9.59 Å². The van der Waals surface area contributed by atoms with Crippen LogP contribution in [0.25, 0.3) is 0 Å². The fourth-order valence-corrected chi connectivity index (χ4v) is 3.12. The summed E-state index contributed by atoms with van der Waals surface area (Å²) in [6.07, 6.45) is 2.06. The zero-order valence-electron chi connectivity index (χ0n) is 17.9. The fourth-order valence-electron chi connectivity index (χ4n) is 3.12. The summed E-state index contributed by atoms with van der Waals surface area (Å²) < 4.78 is 5.64. The van der Waals surface area contributed by atoms with Crippen molar-refractivity contribution in [3.8, 4) is 5.75 Å². The van der Waals surface area contributed by atoms with Crippen molar-refractivity contribution >= 4 is 17.5 Å². The van der Waals surface area contributed by atoms with E-state index in [9.17, 15) is 9.59 Å². The van der Waals surface area contributed by atoms with Crippen LogP contribution in [0.5, 0.6) is 5.75 Å². The van der Waals surface area contributed by atoms with E-state index in [1.165, 1.54) is 0 Å². The van der Waals surface area contributed by atoms with Crippen LogP contribution in [0.1, 0.15) is 59.0 Å². The number of carbonyl (C=O) groups excluding carboxylic acids is 2. The zero-order valence-corrected chi connectivity index (χ0v) is 17.9. The van der Waals surface area contributed by atoms with Gasteiger partial charge in [0.25, 0.3) is 11.8 Å². The Balaban J connectivity index is 1.67. The van der Waals surface area contributed by atoms with Crippen LogP contribution < -0.4 is 15.4 Å². The molecule has 160 valence electrons. The number of para-hydroxylation sites is 1. The van der Waals surface area contributed by atoms with E-state index in [0.29, 0.717) is 23.4 Å². The van der Waals surface area contributed by atoms with E-state index < -0.39 is 0 Å². The van der Waals surface area contributed by atoms with Crippen molar-refractivity contribution in [2.75, 3.05) is 11.9 Å². The summed E-state index contributed by atoms with van der Waals surface area (Å²) in [5.41, 5.74) is 2.39. The van der Waals surface area contributed by atoms with Crippen LogP contribution in [-0.4, -0.2) is 18.4 Å². The Labute approximate surface area is 183 Å². The number of hydrogen-bond donors (Lipinski definition) is 2. The number of amides is 2. The summed E-state index contributed by atoms with van der Waals surface area (Å²) in [4.78, 5) is 25.6. The lowest BCUT2D eigenvalue weighted by molar-refractivity contribution is 0.0940. The van der Waals surface area contributed by atoms with E-state index in [1.54, 1.807) is 48.5 Å². The molecule has 3 aromatic carbocycles. The van der Waals surface area contributed by atoms with Gasteiger partial charge in [0.05, 0.1) is 23.9 Å². The van der Waals surface area contributed by atoms with Crippen LogP contribution in [0.4, 0.5) is 5.69 Å². The summed E-state index contributed by atoms with van der Waals surface area (Å²) in [6.45, 7) is 4.70. The first kappa shape index (κ1) is 22.1. The second kappa shape index (κ2) is 11.0. The van der Waals surface area contributed by atoms with Crippen LogP contribution in [0.3, 0.4) is 0 Å². The molecule has 0 aliphatic carbocycles. The molecule has 0 bridgehead atoms. The van der Waals surface area contributed by atoms with Gasteiger partial charge in [0.15, 0.2) is 0 Å². The van der Waals surface area contributed by atoms with E-state index in [4.69, 9.17) is 4.74 Å². The van der Waals surface area contributed by atoms with Gasteiger partial charge < -0.3 is 15.4 Å². The number of carbonyl (C=O) groups is 2. The Bertz CT molecular complexity index is 1000. The molecule has 0 unspecified atom stereocenters. The molecule has 0 heterocycles. The van der Waals surface area contributed by atoms with Gasteiger partial charge in [-0.05, 0) is 55.3 Å². The van der Waals surface area contributed by atoms with Crippen molar-refractivity contribution < 1.29 is 14.3 Å². The first-order valence-corrected chi connectivity index (χ1v) is 10.6. The Hall–Kier alpha value is -3.60. The van der Waals surface area contributed by atoms with Gasteiger partial charge in [0.1, 0.15) is 5.75 Å². The van der Waals surface area contributed by atoms with E-state index in [-0.39, 0.29) is 17.9 Å². The first-order chi connectivity index (χ1) is 15.1. The van der Waals surface area contributed by atoms with Gasteiger partial charge in [0, 0.05) is 5.56 Å². The molecule has 0 aromatic heterocycles. The summed E-state index contributed by atoms with van der Waals surface area (Å²) in [5.74, 6) is 0.211. The van der Waals surface area contributed by atoms with Crippen LogP contribution in [0, 0.1) is 0 Å². The Morgan fingerprint density at radius 1 is 0.871 bits per heavy atom. The lowest BCUT2D eigenvalue weighted by atomic mass is 10.1. The maximum atomic E-state index is 12.9. The molecule has 0 aliphatic heterocycles. The molecule has 0 fully saturated rings. The monoisotopic (exact) mass is 416 g/mol. The minimum atomic E-state index is -0.281. The number of anilines is 1. The first-order valence-electron chi connectivity index (χ1n) is 10.6. The van der Waals surface area contributed by atoms with E-state index in [1.807, 2.05) is 37.3 Å². The normalized spacial score (nSPS) is 11.4. The average molecular weight is 417 g/mol. The maximum Gasteiger partial charge on any atom is 0.255 e. The third-order valence-electron chi connectivity index (χ3n) is 4.95. The number of rotatable bonds is 9. The molecule has 2 amide bonds. The van der Waals surface area contributed by atoms with Crippen LogP contribution >= 0.6 is 0 Å². The van der Waals surface area contributed by atoms with Crippen molar-refractivity contribution in [2.45, 2.75) is 32.7 Å². The Morgan fingerprint density at radius 3 is 2.26 bits per heavy atom. The molecule has 0 radical (unpaired) electrons. The Morgan fingerprint density at radius 2 is 1.55 bits per heavy atom. The van der Waals surface area contributed by atoms with E-state index in [0.717, 1.165) is 24.2 Å². The number of hydrogen-bond acceptors (Lipinski definition) is 3. The number of unbranched alkanes of at least 4 members (excludes halogenated alkanes) is 1. The highest BCUT2D eigenvalue weighted by atomic mass is 16.5. The SMILES string of the molecule is CCCCOc1ccc(C(=O)Nc2ccccc2C(=O)N[C@H](C)c2ccccc2)cc1. The maximum absolute atomic E-state index is 12.9. The van der Waals surface area contributed by atoms with Gasteiger partial charge in [-0.25, -0.2) is 0 Å². The highest BCUT2D eigenvalue weighted by Crippen LogP contribution is 2.20. The Kier molecular flexibility index (Phi) is 7.82. The van der Waals surface area contributed by atoms with Gasteiger partial charge in [-0.2, -0.15) is 0 Å². The fraction of sp³-hybridized carbons (Fsp3) is 0.231. The number of ether oxygens (including phenoxy) is 1. The summed E-state index contributed by atoms with van der Waals surface area (Å²) >= 11 is 0. The highest BCUT2D eigenvalue weighted by molar-refractivity contribution is 6.09. The molecule has 31 heavy (non-hydrogen) atoms. The van der Waals surface area contributed by atoms with Gasteiger partial charge in [-0.15, -0.1) is 0 Å². The van der Waals surface area contributed by atoms with Gasteiger partial charge >= 0.3 is 0 Å². The molecule has 5 nitrogen and oxygen atoms in total. The highest BCUT2D eigenvalue weighted by Gasteiger charge is 2.16. The summed E-state index contributed by atoms with van der Waals surface area (Å²) in [7, 11) is 0. The van der Waals surface area contributed by atoms with Gasteiger partial charge in [-0.1, -0.05) is 55.8 Å². The van der Waals surface area contributed by atoms with Crippen molar-refractivity contribution in [3.05, 3.63) is 95.6 Å². The van der Waals surface area contributed by atoms with Crippen molar-refractivity contribution in [2.24, 2.45) is 0 Å². The largest absolute Gasteiger partial charge is 0.494 e. The smallest absolute Gasteiger partial charge is 0.255 e. The molecule has 0 spiro atoms. The molecule has 3 aromatic rings. The number of benzene rings is 3. The lowest BCUT2D eigenvalue weighted by Crippen LogP contribution is -2.28. The topological polar surface area (TPSA) is 67.4 Å². The molecule has 0 saturated carbocycles. The molecule has 5 heteroatoms. The van der Waals surface area contributed by atoms with Crippen LogP contribution in [0.15, 0.2) is 78.9 Å². The number of nitrogens with one attached hydrogen (secondary N) is 2. The van der Waals surface area contributed by atoms with Crippen molar-refractivity contribution in [1.29, 1.82) is 0 Å². The van der Waals surface area contributed by atoms with E-state index in [2.05, 4.69) is 17.6 Å². The minimum absolute atomic E-state index is 0.155. The third kappa shape index (κ3) is 6.19. The molecule has 3 rings (SSSR count). The molecule has 0 aliphatic rings. The lowest BCUT2D eigenvalue weighted by Gasteiger charge is -2.16. The van der Waals surface area contributed by atoms with Crippen molar-refractivity contribution in [3.63, 3.8) is 0 Å². The quantitative estimate of drug-likeness (QED) is 0.446. The average Bonchev–Trinajstić information content (AvgIpc) is 2.80. The summed E-state index contributed by atoms with van der Waals surface area (Å²) in [6, 6.07) is 23.6. The van der Waals surface area contributed by atoms with Crippen LogP contribution in [-0.2, 0) is 0 Å². The predicted molar refractivity (Wildman–Crippen MR) is 124 cm³/mol.